The minimum atomic E-state index is 0.231. The molecule has 2 heterocycles. The minimum Gasteiger partial charge on any atom is -0.350 e. The van der Waals surface area contributed by atoms with Crippen LogP contribution in [0.4, 0.5) is 0 Å². The molecule has 0 saturated carbocycles. The van der Waals surface area contributed by atoms with Crippen LogP contribution in [0.1, 0.15) is 19.4 Å². The Bertz CT molecular complexity index is 583. The van der Waals surface area contributed by atoms with Crippen LogP contribution in [0.3, 0.4) is 0 Å². The van der Waals surface area contributed by atoms with Gasteiger partial charge in [-0.25, -0.2) is 0 Å². The molecule has 19 heavy (non-hydrogen) atoms. The van der Waals surface area contributed by atoms with Crippen LogP contribution in [0.15, 0.2) is 30.5 Å². The molecule has 1 N–H and O–H groups in total. The number of aromatic nitrogens is 1. The van der Waals surface area contributed by atoms with Crippen LogP contribution in [0.2, 0.25) is 0 Å². The highest BCUT2D eigenvalue weighted by Crippen LogP contribution is 2.25. The second-order valence-electron chi connectivity index (χ2n) is 6.19. The predicted octanol–water partition coefficient (Wildman–Crippen LogP) is 2.36. The first-order chi connectivity index (χ1) is 9.08. The first-order valence-electron chi connectivity index (χ1n) is 7.07. The summed E-state index contributed by atoms with van der Waals surface area (Å²) < 4.78 is 2.24. The van der Waals surface area contributed by atoms with Crippen LogP contribution in [-0.4, -0.2) is 34.6 Å². The van der Waals surface area contributed by atoms with E-state index in [2.05, 4.69) is 66.1 Å². The van der Waals surface area contributed by atoms with Gasteiger partial charge in [-0.15, -0.1) is 0 Å². The molecule has 3 nitrogen and oxygen atoms in total. The van der Waals surface area contributed by atoms with E-state index in [1.54, 1.807) is 0 Å². The van der Waals surface area contributed by atoms with Crippen molar-refractivity contribution in [2.45, 2.75) is 25.9 Å². The molecule has 1 aromatic heterocycles. The van der Waals surface area contributed by atoms with Gasteiger partial charge in [0.25, 0.3) is 0 Å². The second-order valence-corrected chi connectivity index (χ2v) is 6.19. The lowest BCUT2D eigenvalue weighted by Gasteiger charge is -2.42. The Kier molecular flexibility index (Phi) is 3.11. The third-order valence-electron chi connectivity index (χ3n) is 4.31. The molecule has 1 aliphatic heterocycles. The number of piperazine rings is 1. The van der Waals surface area contributed by atoms with E-state index in [-0.39, 0.29) is 5.54 Å². The monoisotopic (exact) mass is 257 g/mol. The molecule has 102 valence electrons. The van der Waals surface area contributed by atoms with E-state index in [0.29, 0.717) is 0 Å². The Labute approximate surface area is 115 Å². The largest absolute Gasteiger partial charge is 0.350 e. The molecular formula is C16H23N3. The number of nitrogens with one attached hydrogen (secondary N) is 1. The lowest BCUT2D eigenvalue weighted by atomic mass is 9.99. The molecule has 1 fully saturated rings. The van der Waals surface area contributed by atoms with Gasteiger partial charge < -0.3 is 9.88 Å². The second kappa shape index (κ2) is 4.66. The number of para-hydroxylation sites is 1. The third kappa shape index (κ3) is 2.28. The number of rotatable bonds is 2. The van der Waals surface area contributed by atoms with Gasteiger partial charge in [0.1, 0.15) is 0 Å². The van der Waals surface area contributed by atoms with Crippen molar-refractivity contribution in [3.8, 4) is 0 Å². The van der Waals surface area contributed by atoms with Crippen molar-refractivity contribution in [1.82, 2.24) is 14.8 Å². The highest BCUT2D eigenvalue weighted by atomic mass is 15.2. The molecule has 1 saturated heterocycles. The highest BCUT2D eigenvalue weighted by molar-refractivity contribution is 5.83. The summed E-state index contributed by atoms with van der Waals surface area (Å²) in [5.41, 5.74) is 2.99. The number of hydrogen-bond donors (Lipinski definition) is 1. The topological polar surface area (TPSA) is 20.2 Å². The number of aryl methyl sites for hydroxylation is 1. The Morgan fingerprint density at radius 3 is 2.84 bits per heavy atom. The van der Waals surface area contributed by atoms with Gasteiger partial charge in [-0.05, 0) is 25.5 Å². The first kappa shape index (κ1) is 12.7. The van der Waals surface area contributed by atoms with Gasteiger partial charge in [-0.1, -0.05) is 18.2 Å². The standard InChI is InChI=1S/C16H23N3/c1-16(2)12-17-8-9-19(16)11-13-10-18(3)15-7-5-4-6-14(13)15/h4-7,10,17H,8-9,11-12H2,1-3H3. The van der Waals surface area contributed by atoms with Crippen LogP contribution in [-0.2, 0) is 13.6 Å². The Morgan fingerprint density at radius 1 is 1.26 bits per heavy atom. The highest BCUT2D eigenvalue weighted by Gasteiger charge is 2.29. The van der Waals surface area contributed by atoms with Gasteiger partial charge in [0.05, 0.1) is 0 Å². The van der Waals surface area contributed by atoms with E-state index in [1.165, 1.54) is 16.5 Å². The SMILES string of the molecule is Cn1cc(CN2CCNCC2(C)C)c2ccccc21. The van der Waals surface area contributed by atoms with Gasteiger partial charge in [0.2, 0.25) is 0 Å². The molecule has 0 atom stereocenters. The van der Waals surface area contributed by atoms with Crippen molar-refractivity contribution in [1.29, 1.82) is 0 Å². The molecule has 0 aliphatic carbocycles. The molecule has 2 aromatic rings. The fourth-order valence-corrected chi connectivity index (χ4v) is 3.07. The van der Waals surface area contributed by atoms with Crippen LogP contribution < -0.4 is 5.32 Å². The summed E-state index contributed by atoms with van der Waals surface area (Å²) in [5, 5.41) is 4.87. The zero-order valence-corrected chi connectivity index (χ0v) is 12.1. The third-order valence-corrected chi connectivity index (χ3v) is 4.31. The maximum absolute atomic E-state index is 3.49. The molecule has 0 bridgehead atoms. The smallest absolute Gasteiger partial charge is 0.0481 e. The van der Waals surface area contributed by atoms with Crippen LogP contribution in [0, 0.1) is 0 Å². The van der Waals surface area contributed by atoms with Gasteiger partial charge in [-0.3, -0.25) is 4.90 Å². The van der Waals surface area contributed by atoms with Crippen molar-refractivity contribution in [2.24, 2.45) is 7.05 Å². The quantitative estimate of drug-likeness (QED) is 0.891. The maximum Gasteiger partial charge on any atom is 0.0481 e. The molecule has 0 unspecified atom stereocenters. The Balaban J connectivity index is 1.93. The van der Waals surface area contributed by atoms with Gasteiger partial charge in [0, 0.05) is 55.9 Å². The lowest BCUT2D eigenvalue weighted by molar-refractivity contribution is 0.0831. The molecule has 3 rings (SSSR count). The zero-order chi connectivity index (χ0) is 13.5. The van der Waals surface area contributed by atoms with Gasteiger partial charge in [0.15, 0.2) is 0 Å². The van der Waals surface area contributed by atoms with Crippen molar-refractivity contribution < 1.29 is 0 Å². The molecule has 0 amide bonds. The summed E-state index contributed by atoms with van der Waals surface area (Å²) >= 11 is 0. The molecule has 0 radical (unpaired) electrons. The predicted molar refractivity (Wildman–Crippen MR) is 80.3 cm³/mol. The summed E-state index contributed by atoms with van der Waals surface area (Å²) in [6.07, 6.45) is 2.28. The number of benzene rings is 1. The van der Waals surface area contributed by atoms with Gasteiger partial charge in [-0.2, -0.15) is 0 Å². The fourth-order valence-electron chi connectivity index (χ4n) is 3.07. The molecule has 1 aliphatic rings. The Morgan fingerprint density at radius 2 is 2.05 bits per heavy atom. The van der Waals surface area contributed by atoms with Crippen LogP contribution in [0.25, 0.3) is 10.9 Å². The summed E-state index contributed by atoms with van der Waals surface area (Å²) in [7, 11) is 2.13. The van der Waals surface area contributed by atoms with E-state index in [1.807, 2.05) is 0 Å². The number of hydrogen-bond acceptors (Lipinski definition) is 2. The van der Waals surface area contributed by atoms with Crippen LogP contribution >= 0.6 is 0 Å². The average molecular weight is 257 g/mol. The van der Waals surface area contributed by atoms with Crippen molar-refractivity contribution in [3.05, 3.63) is 36.0 Å². The fraction of sp³-hybridized carbons (Fsp3) is 0.500. The zero-order valence-electron chi connectivity index (χ0n) is 12.1. The lowest BCUT2D eigenvalue weighted by Crippen LogP contribution is -2.57. The first-order valence-corrected chi connectivity index (χ1v) is 7.07. The molecule has 3 heteroatoms. The number of nitrogens with zero attached hydrogens (tertiary/aromatic N) is 2. The van der Waals surface area contributed by atoms with Crippen molar-refractivity contribution in [3.63, 3.8) is 0 Å². The van der Waals surface area contributed by atoms with E-state index < -0.39 is 0 Å². The molecular weight excluding hydrogens is 234 g/mol. The van der Waals surface area contributed by atoms with E-state index >= 15 is 0 Å². The average Bonchev–Trinajstić information content (AvgIpc) is 2.70. The van der Waals surface area contributed by atoms with Crippen LogP contribution in [0.5, 0.6) is 0 Å². The summed E-state index contributed by atoms with van der Waals surface area (Å²) in [6.45, 7) is 8.97. The minimum absolute atomic E-state index is 0.231. The van der Waals surface area contributed by atoms with E-state index in [4.69, 9.17) is 0 Å². The van der Waals surface area contributed by atoms with Crippen molar-refractivity contribution >= 4 is 10.9 Å². The van der Waals surface area contributed by atoms with Crippen molar-refractivity contribution in [2.75, 3.05) is 19.6 Å². The van der Waals surface area contributed by atoms with E-state index in [0.717, 1.165) is 26.2 Å². The summed E-state index contributed by atoms with van der Waals surface area (Å²) in [5.74, 6) is 0. The molecule has 0 spiro atoms. The maximum atomic E-state index is 3.49. The van der Waals surface area contributed by atoms with E-state index in [9.17, 15) is 0 Å². The van der Waals surface area contributed by atoms with Gasteiger partial charge >= 0.3 is 0 Å². The summed E-state index contributed by atoms with van der Waals surface area (Å²) in [4.78, 5) is 2.59. The molecule has 1 aromatic carbocycles. The normalized spacial score (nSPS) is 19.9. The summed E-state index contributed by atoms with van der Waals surface area (Å²) in [6, 6.07) is 8.68. The Hall–Kier alpha value is -1.32. The number of fused-ring (bicyclic) bond motifs is 1.